The standard InChI is InChI=1S/C7H13N5O/c8-2-3-9-7(13)1-5-12-6-4-10-11-12/h4,6H,1-3,5,8H2,(H,9,13). The Morgan fingerprint density at radius 3 is 3.08 bits per heavy atom. The summed E-state index contributed by atoms with van der Waals surface area (Å²) in [7, 11) is 0. The molecule has 0 aromatic carbocycles. The highest BCUT2D eigenvalue weighted by molar-refractivity contribution is 5.75. The highest BCUT2D eigenvalue weighted by atomic mass is 16.1. The Kier molecular flexibility index (Phi) is 3.90. The molecule has 6 heteroatoms. The van der Waals surface area contributed by atoms with Crippen molar-refractivity contribution in [3.8, 4) is 0 Å². The monoisotopic (exact) mass is 183 g/mol. The van der Waals surface area contributed by atoms with E-state index in [0.717, 1.165) is 0 Å². The van der Waals surface area contributed by atoms with Crippen molar-refractivity contribution in [2.75, 3.05) is 13.1 Å². The normalized spacial score (nSPS) is 9.92. The molecule has 0 saturated carbocycles. The van der Waals surface area contributed by atoms with Crippen LogP contribution in [0.4, 0.5) is 0 Å². The van der Waals surface area contributed by atoms with Gasteiger partial charge in [-0.1, -0.05) is 5.21 Å². The van der Waals surface area contributed by atoms with Gasteiger partial charge >= 0.3 is 0 Å². The van der Waals surface area contributed by atoms with Crippen LogP contribution in [0, 0.1) is 0 Å². The molecule has 3 N–H and O–H groups in total. The number of aromatic nitrogens is 3. The fourth-order valence-electron chi connectivity index (χ4n) is 0.868. The van der Waals surface area contributed by atoms with Gasteiger partial charge in [0.2, 0.25) is 5.91 Å². The lowest BCUT2D eigenvalue weighted by molar-refractivity contribution is -0.121. The minimum absolute atomic E-state index is 0.0130. The highest BCUT2D eigenvalue weighted by Gasteiger charge is 2.00. The number of rotatable bonds is 5. The Bertz CT molecular complexity index is 245. The van der Waals surface area contributed by atoms with Crippen molar-refractivity contribution in [1.82, 2.24) is 20.3 Å². The number of nitrogens with two attached hydrogens (primary N) is 1. The zero-order chi connectivity index (χ0) is 9.52. The number of nitrogens with one attached hydrogen (secondary N) is 1. The Morgan fingerprint density at radius 2 is 2.46 bits per heavy atom. The fraction of sp³-hybridized carbons (Fsp3) is 0.571. The van der Waals surface area contributed by atoms with Crippen LogP contribution in [0.2, 0.25) is 0 Å². The number of carbonyl (C=O) groups is 1. The summed E-state index contributed by atoms with van der Waals surface area (Å²) in [5, 5.41) is 10.0. The first kappa shape index (κ1) is 9.66. The maximum atomic E-state index is 11.1. The molecule has 0 aliphatic rings. The quantitative estimate of drug-likeness (QED) is 0.596. The SMILES string of the molecule is NCCNC(=O)CCn1ccnn1. The van der Waals surface area contributed by atoms with Gasteiger partial charge in [-0.05, 0) is 0 Å². The molecule has 1 aromatic rings. The van der Waals surface area contributed by atoms with Gasteiger partial charge in [-0.15, -0.1) is 5.10 Å². The molecule has 0 aliphatic carbocycles. The molecule has 72 valence electrons. The summed E-state index contributed by atoms with van der Waals surface area (Å²) < 4.78 is 1.61. The summed E-state index contributed by atoms with van der Waals surface area (Å²) >= 11 is 0. The molecule has 0 unspecified atom stereocenters. The van der Waals surface area contributed by atoms with Gasteiger partial charge in [-0.2, -0.15) is 0 Å². The average molecular weight is 183 g/mol. The van der Waals surface area contributed by atoms with Crippen LogP contribution in [-0.4, -0.2) is 34.0 Å². The number of aryl methyl sites for hydroxylation is 1. The van der Waals surface area contributed by atoms with Crippen molar-refractivity contribution in [3.05, 3.63) is 12.4 Å². The zero-order valence-electron chi connectivity index (χ0n) is 7.31. The summed E-state index contributed by atoms with van der Waals surface area (Å²) in [5.41, 5.74) is 5.23. The topological polar surface area (TPSA) is 85.8 Å². The summed E-state index contributed by atoms with van der Waals surface area (Å²) in [5.74, 6) is -0.0130. The second-order valence-electron chi connectivity index (χ2n) is 2.55. The second-order valence-corrected chi connectivity index (χ2v) is 2.55. The number of hydrogen-bond donors (Lipinski definition) is 2. The summed E-state index contributed by atoms with van der Waals surface area (Å²) in [6.45, 7) is 1.54. The molecular weight excluding hydrogens is 170 g/mol. The molecular formula is C7H13N5O. The van der Waals surface area contributed by atoms with Gasteiger partial charge in [0.05, 0.1) is 12.7 Å². The van der Waals surface area contributed by atoms with E-state index in [1.165, 1.54) is 0 Å². The smallest absolute Gasteiger partial charge is 0.221 e. The van der Waals surface area contributed by atoms with Gasteiger partial charge in [0, 0.05) is 25.7 Å². The second kappa shape index (κ2) is 5.26. The van der Waals surface area contributed by atoms with Gasteiger partial charge in [-0.25, -0.2) is 0 Å². The van der Waals surface area contributed by atoms with E-state index in [2.05, 4.69) is 15.6 Å². The minimum atomic E-state index is -0.0130. The maximum Gasteiger partial charge on any atom is 0.221 e. The van der Waals surface area contributed by atoms with Crippen molar-refractivity contribution >= 4 is 5.91 Å². The van der Waals surface area contributed by atoms with Crippen LogP contribution in [0.25, 0.3) is 0 Å². The van der Waals surface area contributed by atoms with Crippen LogP contribution >= 0.6 is 0 Å². The van der Waals surface area contributed by atoms with Crippen LogP contribution < -0.4 is 11.1 Å². The van der Waals surface area contributed by atoms with E-state index in [-0.39, 0.29) is 5.91 Å². The summed E-state index contributed by atoms with van der Waals surface area (Å²) in [4.78, 5) is 11.1. The molecule has 1 heterocycles. The van der Waals surface area contributed by atoms with Crippen LogP contribution in [0.5, 0.6) is 0 Å². The van der Waals surface area contributed by atoms with Crippen LogP contribution in [0.3, 0.4) is 0 Å². The third-order valence-electron chi connectivity index (χ3n) is 1.51. The molecule has 1 rings (SSSR count). The van der Waals surface area contributed by atoms with Crippen molar-refractivity contribution in [1.29, 1.82) is 0 Å². The average Bonchev–Trinajstić information content (AvgIpc) is 2.64. The van der Waals surface area contributed by atoms with E-state index >= 15 is 0 Å². The van der Waals surface area contributed by atoms with Crippen molar-refractivity contribution < 1.29 is 4.79 Å². The predicted octanol–water partition coefficient (Wildman–Crippen LogP) is -1.26. The van der Waals surface area contributed by atoms with Gasteiger partial charge in [-0.3, -0.25) is 9.48 Å². The lowest BCUT2D eigenvalue weighted by atomic mass is 10.4. The highest BCUT2D eigenvalue weighted by Crippen LogP contribution is 1.86. The summed E-state index contributed by atoms with van der Waals surface area (Å²) in [6.07, 6.45) is 3.71. The van der Waals surface area contributed by atoms with Crippen LogP contribution in [0.15, 0.2) is 12.4 Å². The number of hydrogen-bond acceptors (Lipinski definition) is 4. The Hall–Kier alpha value is -1.43. The first-order valence-electron chi connectivity index (χ1n) is 4.14. The maximum absolute atomic E-state index is 11.1. The summed E-state index contributed by atoms with van der Waals surface area (Å²) in [6, 6.07) is 0. The lowest BCUT2D eigenvalue weighted by Gasteiger charge is -2.02. The first-order chi connectivity index (χ1) is 6.33. The van der Waals surface area contributed by atoms with Crippen LogP contribution in [0.1, 0.15) is 6.42 Å². The number of amides is 1. The molecule has 0 saturated heterocycles. The molecule has 1 amide bonds. The zero-order valence-corrected chi connectivity index (χ0v) is 7.31. The Balaban J connectivity index is 2.15. The molecule has 0 radical (unpaired) electrons. The van der Waals surface area contributed by atoms with Gasteiger partial charge in [0.15, 0.2) is 0 Å². The van der Waals surface area contributed by atoms with E-state index in [4.69, 9.17) is 5.73 Å². The van der Waals surface area contributed by atoms with Gasteiger partial charge < -0.3 is 11.1 Å². The van der Waals surface area contributed by atoms with Gasteiger partial charge in [0.1, 0.15) is 0 Å². The van der Waals surface area contributed by atoms with Crippen molar-refractivity contribution in [3.63, 3.8) is 0 Å². The van der Waals surface area contributed by atoms with E-state index in [0.29, 0.717) is 26.1 Å². The van der Waals surface area contributed by atoms with E-state index in [9.17, 15) is 4.79 Å². The first-order valence-corrected chi connectivity index (χ1v) is 4.14. The molecule has 0 fully saturated rings. The number of carbonyl (C=O) groups excluding carboxylic acids is 1. The Morgan fingerprint density at radius 1 is 1.62 bits per heavy atom. The molecule has 0 atom stereocenters. The van der Waals surface area contributed by atoms with Crippen molar-refractivity contribution in [2.24, 2.45) is 5.73 Å². The van der Waals surface area contributed by atoms with E-state index < -0.39 is 0 Å². The fourth-order valence-corrected chi connectivity index (χ4v) is 0.868. The van der Waals surface area contributed by atoms with E-state index in [1.54, 1.807) is 17.1 Å². The molecule has 6 nitrogen and oxygen atoms in total. The molecule has 0 aliphatic heterocycles. The lowest BCUT2D eigenvalue weighted by Crippen LogP contribution is -2.29. The number of nitrogens with zero attached hydrogens (tertiary/aromatic N) is 3. The van der Waals surface area contributed by atoms with Crippen LogP contribution in [-0.2, 0) is 11.3 Å². The largest absolute Gasteiger partial charge is 0.355 e. The molecule has 13 heavy (non-hydrogen) atoms. The van der Waals surface area contributed by atoms with Crippen molar-refractivity contribution in [2.45, 2.75) is 13.0 Å². The minimum Gasteiger partial charge on any atom is -0.355 e. The predicted molar refractivity (Wildman–Crippen MR) is 46.7 cm³/mol. The Labute approximate surface area is 76.1 Å². The molecule has 0 spiro atoms. The van der Waals surface area contributed by atoms with Gasteiger partial charge in [0.25, 0.3) is 0 Å². The third-order valence-corrected chi connectivity index (χ3v) is 1.51. The molecule has 0 bridgehead atoms. The molecule has 1 aromatic heterocycles. The van der Waals surface area contributed by atoms with E-state index in [1.807, 2.05) is 0 Å². The third kappa shape index (κ3) is 3.66.